The summed E-state index contributed by atoms with van der Waals surface area (Å²) in [6, 6.07) is 19.3. The van der Waals surface area contributed by atoms with Crippen LogP contribution in [-0.4, -0.2) is 78.1 Å². The molecule has 0 saturated carbocycles. The number of piperidine rings is 1. The zero-order valence-electron chi connectivity index (χ0n) is 20.6. The molecule has 2 aromatic carbocycles. The zero-order chi connectivity index (χ0) is 24.3. The van der Waals surface area contributed by atoms with Crippen molar-refractivity contribution in [2.75, 3.05) is 61.1 Å². The highest BCUT2D eigenvalue weighted by Gasteiger charge is 2.34. The number of β-amino-alcohol motifs (C(OH)–C–C–N with tert-alkyl or cyclic N) is 1. The molecule has 2 N–H and O–H groups in total. The predicted molar refractivity (Wildman–Crippen MR) is 142 cm³/mol. The molecule has 0 radical (unpaired) electrons. The summed E-state index contributed by atoms with van der Waals surface area (Å²) in [5, 5.41) is 14.5. The first kappa shape index (κ1) is 23.2. The number of nitrogens with one attached hydrogen (secondary N) is 1. The molecule has 8 nitrogen and oxygen atoms in total. The molecule has 0 bridgehead atoms. The molecular weight excluding hydrogens is 452 g/mol. The summed E-state index contributed by atoms with van der Waals surface area (Å²) in [5.41, 5.74) is 5.03. The molecule has 1 aromatic heterocycles. The summed E-state index contributed by atoms with van der Waals surface area (Å²) >= 11 is 0. The van der Waals surface area contributed by atoms with Crippen molar-refractivity contribution in [3.05, 3.63) is 72.1 Å². The van der Waals surface area contributed by atoms with E-state index in [-0.39, 0.29) is 6.04 Å². The Bertz CT molecular complexity index is 1170. The van der Waals surface area contributed by atoms with Gasteiger partial charge in [0.25, 0.3) is 0 Å². The molecule has 188 valence electrons. The molecule has 6 rings (SSSR count). The maximum atomic E-state index is 11.1. The Morgan fingerprint density at radius 1 is 0.889 bits per heavy atom. The molecule has 3 aliphatic heterocycles. The van der Waals surface area contributed by atoms with E-state index in [1.54, 1.807) is 6.33 Å². The van der Waals surface area contributed by atoms with Crippen molar-refractivity contribution in [1.29, 1.82) is 0 Å². The van der Waals surface area contributed by atoms with Gasteiger partial charge in [-0.15, -0.1) is 0 Å². The Morgan fingerprint density at radius 3 is 2.50 bits per heavy atom. The second-order valence-corrected chi connectivity index (χ2v) is 9.89. The first-order valence-corrected chi connectivity index (χ1v) is 13.0. The van der Waals surface area contributed by atoms with Gasteiger partial charge in [-0.1, -0.05) is 24.3 Å². The van der Waals surface area contributed by atoms with Gasteiger partial charge in [-0.05, 0) is 48.2 Å². The van der Waals surface area contributed by atoms with Crippen LogP contribution in [0.3, 0.4) is 0 Å². The van der Waals surface area contributed by atoms with Crippen LogP contribution in [0.15, 0.2) is 60.9 Å². The van der Waals surface area contributed by atoms with Gasteiger partial charge in [0.1, 0.15) is 18.0 Å². The molecule has 8 heteroatoms. The number of rotatable bonds is 5. The quantitative estimate of drug-likeness (QED) is 0.570. The van der Waals surface area contributed by atoms with Crippen LogP contribution in [0.1, 0.15) is 17.5 Å². The van der Waals surface area contributed by atoms with Crippen LogP contribution in [-0.2, 0) is 17.7 Å². The number of nitrogens with zero attached hydrogens (tertiary/aromatic N) is 5. The lowest BCUT2D eigenvalue weighted by atomic mass is 9.94. The van der Waals surface area contributed by atoms with Gasteiger partial charge in [0.15, 0.2) is 0 Å². The Kier molecular flexibility index (Phi) is 6.72. The topological polar surface area (TPSA) is 77.0 Å². The van der Waals surface area contributed by atoms with E-state index in [9.17, 15) is 5.11 Å². The molecule has 2 fully saturated rings. The van der Waals surface area contributed by atoms with Crippen molar-refractivity contribution in [1.82, 2.24) is 14.9 Å². The maximum absolute atomic E-state index is 11.1. The minimum absolute atomic E-state index is 0.180. The van der Waals surface area contributed by atoms with Crippen molar-refractivity contribution in [3.8, 4) is 0 Å². The second-order valence-electron chi connectivity index (χ2n) is 9.89. The molecule has 0 spiro atoms. The van der Waals surface area contributed by atoms with E-state index < -0.39 is 6.10 Å². The monoisotopic (exact) mass is 486 g/mol. The molecule has 0 unspecified atom stereocenters. The Morgan fingerprint density at radius 2 is 1.69 bits per heavy atom. The first-order valence-electron chi connectivity index (χ1n) is 13.0. The molecule has 4 heterocycles. The van der Waals surface area contributed by atoms with Crippen molar-refractivity contribution in [2.45, 2.75) is 31.5 Å². The minimum Gasteiger partial charge on any atom is -0.390 e. The van der Waals surface area contributed by atoms with Crippen molar-refractivity contribution >= 4 is 23.0 Å². The third kappa shape index (κ3) is 5.02. The number of fused-ring (bicyclic) bond motifs is 1. The third-order valence-corrected chi connectivity index (χ3v) is 7.67. The SMILES string of the molecule is O[C@H]1CN(c2cc(Nc3ccc(N4CCOCC4)cc3)ncn2)CC[C@@H]1N1CCc2ccccc2C1. The number of aromatic nitrogens is 2. The van der Waals surface area contributed by atoms with E-state index >= 15 is 0 Å². The van der Waals surface area contributed by atoms with Gasteiger partial charge in [0.05, 0.1) is 19.3 Å². The third-order valence-electron chi connectivity index (χ3n) is 7.67. The number of aliphatic hydroxyl groups excluding tert-OH is 1. The standard InChI is InChI=1S/C28H34N6O2/c35-26-19-34(12-10-25(26)33-11-9-21-3-1-2-4-22(21)18-33)28-17-27(29-20-30-28)31-23-5-7-24(8-6-23)32-13-15-36-16-14-32/h1-8,17,20,25-26,35H,9-16,18-19H2,(H,29,30,31)/t25-,26-/m0/s1. The summed E-state index contributed by atoms with van der Waals surface area (Å²) in [5.74, 6) is 1.60. The number of morpholine rings is 1. The summed E-state index contributed by atoms with van der Waals surface area (Å²) in [6.07, 6.45) is 3.15. The van der Waals surface area contributed by atoms with E-state index in [0.29, 0.717) is 6.54 Å². The summed E-state index contributed by atoms with van der Waals surface area (Å²) in [4.78, 5) is 15.9. The number of hydrogen-bond acceptors (Lipinski definition) is 8. The molecule has 2 atom stereocenters. The van der Waals surface area contributed by atoms with Gasteiger partial charge >= 0.3 is 0 Å². The Labute approximate surface area is 212 Å². The average molecular weight is 487 g/mol. The fourth-order valence-corrected chi connectivity index (χ4v) is 5.67. The molecule has 0 amide bonds. The van der Waals surface area contributed by atoms with E-state index in [1.807, 2.05) is 6.07 Å². The number of ether oxygens (including phenoxy) is 1. The normalized spacial score (nSPS) is 22.8. The number of aliphatic hydroxyl groups is 1. The second kappa shape index (κ2) is 10.4. The number of benzene rings is 2. The van der Waals surface area contributed by atoms with Crippen LogP contribution >= 0.6 is 0 Å². The van der Waals surface area contributed by atoms with Crippen molar-refractivity contribution < 1.29 is 9.84 Å². The highest BCUT2D eigenvalue weighted by atomic mass is 16.5. The van der Waals surface area contributed by atoms with E-state index in [0.717, 1.165) is 76.1 Å². The predicted octanol–water partition coefficient (Wildman–Crippen LogP) is 3.05. The molecular formula is C28H34N6O2. The lowest BCUT2D eigenvalue weighted by Gasteiger charge is -2.43. The highest BCUT2D eigenvalue weighted by Crippen LogP contribution is 2.28. The van der Waals surface area contributed by atoms with E-state index in [1.165, 1.54) is 16.8 Å². The average Bonchev–Trinajstić information content (AvgIpc) is 2.94. The molecule has 3 aromatic rings. The first-order chi connectivity index (χ1) is 17.7. The van der Waals surface area contributed by atoms with Crippen LogP contribution in [0.5, 0.6) is 0 Å². The number of anilines is 4. The van der Waals surface area contributed by atoms with Crippen molar-refractivity contribution in [3.63, 3.8) is 0 Å². The molecule has 0 aliphatic carbocycles. The largest absolute Gasteiger partial charge is 0.390 e. The van der Waals surface area contributed by atoms with Gasteiger partial charge in [-0.25, -0.2) is 9.97 Å². The van der Waals surface area contributed by atoms with Gasteiger partial charge in [0.2, 0.25) is 0 Å². The van der Waals surface area contributed by atoms with Crippen LogP contribution in [0.2, 0.25) is 0 Å². The molecule has 3 aliphatic rings. The lowest BCUT2D eigenvalue weighted by molar-refractivity contribution is 0.0293. The fourth-order valence-electron chi connectivity index (χ4n) is 5.67. The van der Waals surface area contributed by atoms with Crippen LogP contribution in [0, 0.1) is 0 Å². The minimum atomic E-state index is -0.414. The summed E-state index contributed by atoms with van der Waals surface area (Å²) in [6.45, 7) is 6.78. The van der Waals surface area contributed by atoms with Gasteiger partial charge in [-0.2, -0.15) is 0 Å². The fraction of sp³-hybridized carbons (Fsp3) is 0.429. The van der Waals surface area contributed by atoms with Crippen LogP contribution < -0.4 is 15.1 Å². The van der Waals surface area contributed by atoms with Crippen molar-refractivity contribution in [2.24, 2.45) is 0 Å². The highest BCUT2D eigenvalue weighted by molar-refractivity contribution is 5.62. The van der Waals surface area contributed by atoms with Gasteiger partial charge in [-0.3, -0.25) is 4.90 Å². The van der Waals surface area contributed by atoms with Gasteiger partial charge in [0, 0.05) is 62.8 Å². The maximum Gasteiger partial charge on any atom is 0.135 e. The Hall–Kier alpha value is -3.20. The van der Waals surface area contributed by atoms with E-state index in [4.69, 9.17) is 4.74 Å². The van der Waals surface area contributed by atoms with Crippen LogP contribution in [0.25, 0.3) is 0 Å². The van der Waals surface area contributed by atoms with E-state index in [2.05, 4.69) is 78.5 Å². The lowest BCUT2D eigenvalue weighted by Crippen LogP contribution is -2.55. The summed E-state index contributed by atoms with van der Waals surface area (Å²) in [7, 11) is 0. The van der Waals surface area contributed by atoms with Gasteiger partial charge < -0.3 is 25.0 Å². The smallest absolute Gasteiger partial charge is 0.135 e. The molecule has 2 saturated heterocycles. The zero-order valence-corrected chi connectivity index (χ0v) is 20.6. The molecule has 36 heavy (non-hydrogen) atoms. The van der Waals surface area contributed by atoms with Crippen LogP contribution in [0.4, 0.5) is 23.0 Å². The summed E-state index contributed by atoms with van der Waals surface area (Å²) < 4.78 is 5.45. The Balaban J connectivity index is 1.07. The number of hydrogen-bond donors (Lipinski definition) is 2.